The second kappa shape index (κ2) is 5.30. The van der Waals surface area contributed by atoms with Crippen LogP contribution < -0.4 is 15.4 Å². The zero-order valence-electron chi connectivity index (χ0n) is 13.5. The quantitative estimate of drug-likeness (QED) is 0.896. The van der Waals surface area contributed by atoms with Gasteiger partial charge in [-0.2, -0.15) is 0 Å². The Labute approximate surface area is 131 Å². The Kier molecular flexibility index (Phi) is 3.59. The summed E-state index contributed by atoms with van der Waals surface area (Å²) in [5, 5.41) is 6.09. The third kappa shape index (κ3) is 2.56. The van der Waals surface area contributed by atoms with Crippen LogP contribution in [0.15, 0.2) is 29.3 Å². The highest BCUT2D eigenvalue weighted by Gasteiger charge is 2.62. The van der Waals surface area contributed by atoms with Gasteiger partial charge in [-0.15, -0.1) is 0 Å². The number of hydrogen-bond acceptors (Lipinski definition) is 4. The monoisotopic (exact) mass is 301 g/mol. The van der Waals surface area contributed by atoms with E-state index in [1.54, 1.807) is 7.11 Å². The molecule has 1 amide bonds. The van der Waals surface area contributed by atoms with E-state index in [-0.39, 0.29) is 17.4 Å². The molecule has 1 saturated carbocycles. The number of amides is 1. The summed E-state index contributed by atoms with van der Waals surface area (Å²) in [6.07, 6.45) is 0. The largest absolute Gasteiger partial charge is 0.497 e. The van der Waals surface area contributed by atoms with E-state index in [0.29, 0.717) is 24.3 Å². The Hall–Kier alpha value is -2.04. The summed E-state index contributed by atoms with van der Waals surface area (Å²) in [4.78, 5) is 15.5. The van der Waals surface area contributed by atoms with Gasteiger partial charge in [-0.1, -0.05) is 26.0 Å². The van der Waals surface area contributed by atoms with Crippen molar-refractivity contribution in [2.24, 2.45) is 16.3 Å². The van der Waals surface area contributed by atoms with Gasteiger partial charge in [0.1, 0.15) is 5.75 Å². The highest BCUT2D eigenvalue weighted by Crippen LogP contribution is 2.66. The Balaban J connectivity index is 1.72. The normalized spacial score (nSPS) is 28.5. The van der Waals surface area contributed by atoms with E-state index in [2.05, 4.69) is 41.6 Å². The minimum absolute atomic E-state index is 0.0914. The lowest BCUT2D eigenvalue weighted by Crippen LogP contribution is -2.42. The van der Waals surface area contributed by atoms with E-state index in [4.69, 9.17) is 4.74 Å². The fraction of sp³-hybridized carbons (Fsp3) is 0.529. The number of hydrogen-bond donors (Lipinski definition) is 2. The third-order valence-electron chi connectivity index (χ3n) is 4.86. The van der Waals surface area contributed by atoms with Crippen LogP contribution in [-0.2, 0) is 4.79 Å². The molecule has 3 rings (SSSR count). The molecule has 0 saturated heterocycles. The van der Waals surface area contributed by atoms with Crippen molar-refractivity contribution in [1.29, 1.82) is 0 Å². The fourth-order valence-corrected chi connectivity index (χ4v) is 3.80. The number of guanidine groups is 1. The number of benzene rings is 1. The highest BCUT2D eigenvalue weighted by atomic mass is 16.5. The van der Waals surface area contributed by atoms with Gasteiger partial charge in [0.2, 0.25) is 5.91 Å². The lowest BCUT2D eigenvalue weighted by molar-refractivity contribution is -0.117. The summed E-state index contributed by atoms with van der Waals surface area (Å²) in [7, 11) is 1.70. The van der Waals surface area contributed by atoms with Crippen molar-refractivity contribution in [2.75, 3.05) is 13.7 Å². The molecule has 1 aliphatic carbocycles. The van der Waals surface area contributed by atoms with Gasteiger partial charge in [0.15, 0.2) is 5.96 Å². The van der Waals surface area contributed by atoms with E-state index in [1.165, 1.54) is 12.5 Å². The molecular weight excluding hydrogens is 278 g/mol. The van der Waals surface area contributed by atoms with Gasteiger partial charge in [0, 0.05) is 6.92 Å². The van der Waals surface area contributed by atoms with Crippen LogP contribution >= 0.6 is 0 Å². The first-order valence-corrected chi connectivity index (χ1v) is 7.66. The fourth-order valence-electron chi connectivity index (χ4n) is 3.80. The summed E-state index contributed by atoms with van der Waals surface area (Å²) in [6.45, 7) is 6.79. The lowest BCUT2D eigenvalue weighted by Gasteiger charge is -2.13. The van der Waals surface area contributed by atoms with Crippen molar-refractivity contribution >= 4 is 11.9 Å². The average Bonchev–Trinajstić information content (AvgIpc) is 2.81. The zero-order chi connectivity index (χ0) is 15.9. The molecular formula is C17H23N3O2. The van der Waals surface area contributed by atoms with Crippen molar-refractivity contribution in [3.63, 3.8) is 0 Å². The molecule has 0 radical (unpaired) electrons. The van der Waals surface area contributed by atoms with Crippen LogP contribution in [0.25, 0.3) is 0 Å². The standard InChI is InChI=1S/C17H23N3O2/c1-10(21)19-16-18-9-13(20-16)15-14(17(15,2)3)11-6-5-7-12(8-11)22-4/h5-8,13-15H,9H2,1-4H3,(H2,18,19,20,21)/t13?,14-,15-/m1/s1. The molecule has 0 bridgehead atoms. The van der Waals surface area contributed by atoms with E-state index in [9.17, 15) is 4.79 Å². The minimum atomic E-state index is -0.0914. The molecule has 22 heavy (non-hydrogen) atoms. The Morgan fingerprint density at radius 1 is 1.45 bits per heavy atom. The van der Waals surface area contributed by atoms with Crippen molar-refractivity contribution in [3.05, 3.63) is 29.8 Å². The molecule has 2 N–H and O–H groups in total. The minimum Gasteiger partial charge on any atom is -0.497 e. The molecule has 3 atom stereocenters. The van der Waals surface area contributed by atoms with Gasteiger partial charge in [0.25, 0.3) is 0 Å². The summed E-state index contributed by atoms with van der Waals surface area (Å²) in [6, 6.07) is 8.57. The Morgan fingerprint density at radius 3 is 2.91 bits per heavy atom. The van der Waals surface area contributed by atoms with Crippen LogP contribution in [0.2, 0.25) is 0 Å². The molecule has 1 heterocycles. The van der Waals surface area contributed by atoms with Crippen molar-refractivity contribution in [2.45, 2.75) is 32.7 Å². The summed E-state index contributed by atoms with van der Waals surface area (Å²) >= 11 is 0. The summed E-state index contributed by atoms with van der Waals surface area (Å²) in [5.74, 6) is 2.38. The lowest BCUT2D eigenvalue weighted by atomic mass is 10.0. The van der Waals surface area contributed by atoms with Crippen LogP contribution in [0.4, 0.5) is 0 Å². The van der Waals surface area contributed by atoms with E-state index in [1.807, 2.05) is 12.1 Å². The van der Waals surface area contributed by atoms with Crippen molar-refractivity contribution < 1.29 is 9.53 Å². The maximum Gasteiger partial charge on any atom is 0.223 e. The number of carbonyl (C=O) groups excluding carboxylic acids is 1. The van der Waals surface area contributed by atoms with Gasteiger partial charge >= 0.3 is 0 Å². The molecule has 1 aromatic carbocycles. The molecule has 5 nitrogen and oxygen atoms in total. The number of aliphatic imine (C=N–C) groups is 1. The predicted molar refractivity (Wildman–Crippen MR) is 86.0 cm³/mol. The zero-order valence-corrected chi connectivity index (χ0v) is 13.5. The summed E-state index contributed by atoms with van der Waals surface area (Å²) < 4.78 is 5.34. The number of methoxy groups -OCH3 is 1. The van der Waals surface area contributed by atoms with Crippen LogP contribution in [-0.4, -0.2) is 31.6 Å². The second-order valence-electron chi connectivity index (χ2n) is 6.72. The summed E-state index contributed by atoms with van der Waals surface area (Å²) in [5.41, 5.74) is 1.52. The molecule has 0 spiro atoms. The van der Waals surface area contributed by atoms with Crippen LogP contribution in [0.5, 0.6) is 5.75 Å². The van der Waals surface area contributed by atoms with Crippen molar-refractivity contribution in [3.8, 4) is 5.75 Å². The molecule has 0 aromatic heterocycles. The average molecular weight is 301 g/mol. The van der Waals surface area contributed by atoms with Crippen LogP contribution in [0.3, 0.4) is 0 Å². The second-order valence-corrected chi connectivity index (χ2v) is 6.72. The Bertz CT molecular complexity index is 624. The number of nitrogens with zero attached hydrogens (tertiary/aromatic N) is 1. The van der Waals surface area contributed by atoms with Gasteiger partial charge in [0.05, 0.1) is 19.7 Å². The third-order valence-corrected chi connectivity index (χ3v) is 4.86. The first kappa shape index (κ1) is 14.9. The molecule has 5 heteroatoms. The number of nitrogens with one attached hydrogen (secondary N) is 2. The smallest absolute Gasteiger partial charge is 0.223 e. The molecule has 2 aliphatic rings. The van der Waals surface area contributed by atoms with Crippen molar-refractivity contribution in [1.82, 2.24) is 10.6 Å². The molecule has 118 valence electrons. The van der Waals surface area contributed by atoms with Gasteiger partial charge in [-0.05, 0) is 34.9 Å². The SMILES string of the molecule is COc1cccc([C@@H]2[C@@H](C3CN=C(NC(C)=O)N3)C2(C)C)c1. The molecule has 1 unspecified atom stereocenters. The molecule has 1 aliphatic heterocycles. The highest BCUT2D eigenvalue weighted by molar-refractivity contribution is 5.96. The number of rotatable bonds is 3. The van der Waals surface area contributed by atoms with E-state index < -0.39 is 0 Å². The van der Waals surface area contributed by atoms with E-state index in [0.717, 1.165) is 5.75 Å². The topological polar surface area (TPSA) is 62.7 Å². The number of ether oxygens (including phenoxy) is 1. The van der Waals surface area contributed by atoms with Gasteiger partial charge < -0.3 is 10.1 Å². The van der Waals surface area contributed by atoms with Gasteiger partial charge in [-0.25, -0.2) is 0 Å². The first-order chi connectivity index (χ1) is 10.4. The molecule has 1 fully saturated rings. The van der Waals surface area contributed by atoms with E-state index >= 15 is 0 Å². The first-order valence-electron chi connectivity index (χ1n) is 7.66. The maximum absolute atomic E-state index is 11.1. The Morgan fingerprint density at radius 2 is 2.23 bits per heavy atom. The maximum atomic E-state index is 11.1. The van der Waals surface area contributed by atoms with Crippen LogP contribution in [0, 0.1) is 11.3 Å². The van der Waals surface area contributed by atoms with Crippen LogP contribution in [0.1, 0.15) is 32.3 Å². The molecule has 1 aromatic rings. The predicted octanol–water partition coefficient (Wildman–Crippen LogP) is 1.90. The van der Waals surface area contributed by atoms with Gasteiger partial charge in [-0.3, -0.25) is 15.1 Å². The number of carbonyl (C=O) groups is 1.